The van der Waals surface area contributed by atoms with Crippen molar-refractivity contribution in [3.63, 3.8) is 0 Å². The van der Waals surface area contributed by atoms with Gasteiger partial charge in [-0.25, -0.2) is 4.79 Å². The fourth-order valence-electron chi connectivity index (χ4n) is 2.75. The molecule has 1 aromatic carbocycles. The van der Waals surface area contributed by atoms with E-state index in [-0.39, 0.29) is 0 Å². The van der Waals surface area contributed by atoms with Crippen molar-refractivity contribution in [2.45, 2.75) is 78.6 Å². The van der Waals surface area contributed by atoms with Crippen LogP contribution >= 0.6 is 0 Å². The quantitative estimate of drug-likeness (QED) is 0.571. The van der Waals surface area contributed by atoms with Gasteiger partial charge in [-0.05, 0) is 66.5 Å². The molecule has 0 radical (unpaired) electrons. The molecule has 2 atom stereocenters. The number of carbonyl (C=O) groups is 3. The highest BCUT2D eigenvalue weighted by Gasteiger charge is 2.36. The van der Waals surface area contributed by atoms with Crippen LogP contribution in [0, 0.1) is 19.4 Å². The van der Waals surface area contributed by atoms with Crippen LogP contribution < -0.4 is 10.6 Å². The molecule has 30 heavy (non-hydrogen) atoms. The standard InChI is InChI=1S/C23H33N3O4/c1-10-26(20(28)16(3)24-21(29)30-23(7,8)9)18(19(27)25-22(4,5)6)17-14-12-11-13-15(17)2/h1,11-14,16,18H,2-9H3,(H,24,29)(H,25,27). The van der Waals surface area contributed by atoms with Gasteiger partial charge in [0.2, 0.25) is 5.91 Å². The van der Waals surface area contributed by atoms with Crippen LogP contribution in [0.4, 0.5) is 4.79 Å². The lowest BCUT2D eigenvalue weighted by Gasteiger charge is -2.32. The lowest BCUT2D eigenvalue weighted by molar-refractivity contribution is -0.138. The van der Waals surface area contributed by atoms with Gasteiger partial charge in [0.15, 0.2) is 0 Å². The molecule has 1 rings (SSSR count). The fourth-order valence-corrected chi connectivity index (χ4v) is 2.75. The normalized spacial score (nSPS) is 13.4. The average Bonchev–Trinajstić information content (AvgIpc) is 2.56. The molecular weight excluding hydrogens is 382 g/mol. The van der Waals surface area contributed by atoms with Crippen LogP contribution in [0.5, 0.6) is 0 Å². The molecular formula is C23H33N3O4. The highest BCUT2D eigenvalue weighted by molar-refractivity contribution is 5.93. The van der Waals surface area contributed by atoms with Gasteiger partial charge < -0.3 is 15.4 Å². The van der Waals surface area contributed by atoms with Gasteiger partial charge >= 0.3 is 6.09 Å². The number of nitrogens with one attached hydrogen (secondary N) is 2. The maximum atomic E-state index is 13.1. The van der Waals surface area contributed by atoms with E-state index in [1.807, 2.05) is 39.8 Å². The third kappa shape index (κ3) is 7.43. The average molecular weight is 416 g/mol. The number of nitrogens with zero attached hydrogens (tertiary/aromatic N) is 1. The van der Waals surface area contributed by atoms with Crippen LogP contribution in [0.15, 0.2) is 24.3 Å². The summed E-state index contributed by atoms with van der Waals surface area (Å²) in [4.78, 5) is 39.3. The zero-order valence-corrected chi connectivity index (χ0v) is 19.1. The van der Waals surface area contributed by atoms with E-state index in [4.69, 9.17) is 11.2 Å². The maximum Gasteiger partial charge on any atom is 0.408 e. The topological polar surface area (TPSA) is 87.7 Å². The third-order valence-electron chi connectivity index (χ3n) is 3.97. The summed E-state index contributed by atoms with van der Waals surface area (Å²) >= 11 is 0. The monoisotopic (exact) mass is 415 g/mol. The first-order chi connectivity index (χ1) is 13.7. The van der Waals surface area contributed by atoms with Crippen molar-refractivity contribution in [2.75, 3.05) is 0 Å². The molecule has 7 nitrogen and oxygen atoms in total. The van der Waals surface area contributed by atoms with E-state index in [0.29, 0.717) is 5.56 Å². The number of hydrogen-bond acceptors (Lipinski definition) is 4. The molecule has 164 valence electrons. The number of amides is 3. The first kappa shape index (κ1) is 25.0. The van der Waals surface area contributed by atoms with Gasteiger partial charge in [-0.15, -0.1) is 0 Å². The minimum Gasteiger partial charge on any atom is -0.444 e. The van der Waals surface area contributed by atoms with Gasteiger partial charge in [-0.2, -0.15) is 0 Å². The molecule has 7 heteroatoms. The first-order valence-corrected chi connectivity index (χ1v) is 9.82. The third-order valence-corrected chi connectivity index (χ3v) is 3.97. The number of hydrogen-bond donors (Lipinski definition) is 2. The Bertz CT molecular complexity index is 828. The number of ether oxygens (including phenoxy) is 1. The predicted octanol–water partition coefficient (Wildman–Crippen LogP) is 3.28. The van der Waals surface area contributed by atoms with Crippen molar-refractivity contribution in [3.8, 4) is 12.5 Å². The smallest absolute Gasteiger partial charge is 0.408 e. The summed E-state index contributed by atoms with van der Waals surface area (Å²) in [5.41, 5.74) is 0.179. The zero-order chi connectivity index (χ0) is 23.3. The van der Waals surface area contributed by atoms with Crippen molar-refractivity contribution < 1.29 is 19.1 Å². The second-order valence-corrected chi connectivity index (χ2v) is 9.20. The van der Waals surface area contributed by atoms with Gasteiger partial charge in [0.1, 0.15) is 17.7 Å². The molecule has 0 heterocycles. The van der Waals surface area contributed by atoms with E-state index < -0.39 is 41.1 Å². The van der Waals surface area contributed by atoms with E-state index in [0.717, 1.165) is 10.5 Å². The van der Waals surface area contributed by atoms with Gasteiger partial charge in [-0.1, -0.05) is 30.7 Å². The lowest BCUT2D eigenvalue weighted by atomic mass is 9.97. The number of aryl methyl sites for hydroxylation is 1. The molecule has 2 unspecified atom stereocenters. The largest absolute Gasteiger partial charge is 0.444 e. The van der Waals surface area contributed by atoms with Crippen LogP contribution in [0.2, 0.25) is 0 Å². The van der Waals surface area contributed by atoms with Gasteiger partial charge in [0.25, 0.3) is 5.91 Å². The molecule has 2 N–H and O–H groups in total. The number of terminal acetylenes is 1. The zero-order valence-electron chi connectivity index (χ0n) is 19.1. The second-order valence-electron chi connectivity index (χ2n) is 9.20. The summed E-state index contributed by atoms with van der Waals surface area (Å²) in [7, 11) is 0. The minimum atomic E-state index is -1.05. The van der Waals surface area contributed by atoms with Crippen LogP contribution in [0.1, 0.15) is 65.6 Å². The van der Waals surface area contributed by atoms with Crippen molar-refractivity contribution in [2.24, 2.45) is 0 Å². The molecule has 0 aliphatic carbocycles. The fraction of sp³-hybridized carbons (Fsp3) is 0.522. The summed E-state index contributed by atoms with van der Waals surface area (Å²) < 4.78 is 5.20. The van der Waals surface area contributed by atoms with E-state index in [2.05, 4.69) is 16.7 Å². The second kappa shape index (κ2) is 9.66. The number of rotatable bonds is 5. The molecule has 0 aliphatic heterocycles. The Labute approximate surface area is 179 Å². The minimum absolute atomic E-state index is 0.410. The van der Waals surface area contributed by atoms with Gasteiger partial charge in [0, 0.05) is 11.6 Å². The van der Waals surface area contributed by atoms with Gasteiger partial charge in [0.05, 0.1) is 0 Å². The number of carbonyl (C=O) groups excluding carboxylic acids is 3. The van der Waals surface area contributed by atoms with Gasteiger partial charge in [-0.3, -0.25) is 14.5 Å². The van der Waals surface area contributed by atoms with E-state index >= 15 is 0 Å². The summed E-state index contributed by atoms with van der Waals surface area (Å²) in [6, 6.07) is 7.50. The summed E-state index contributed by atoms with van der Waals surface area (Å²) in [6.07, 6.45) is 4.92. The van der Waals surface area contributed by atoms with Crippen LogP contribution in [-0.2, 0) is 14.3 Å². The van der Waals surface area contributed by atoms with E-state index in [1.165, 1.54) is 6.92 Å². The number of alkyl carbamates (subject to hydrolysis) is 1. The molecule has 0 spiro atoms. The molecule has 0 fully saturated rings. The first-order valence-electron chi connectivity index (χ1n) is 9.82. The van der Waals surface area contributed by atoms with Crippen LogP contribution in [-0.4, -0.2) is 40.0 Å². The Kier molecular flexibility index (Phi) is 8.06. The Morgan fingerprint density at radius 3 is 2.13 bits per heavy atom. The van der Waals surface area contributed by atoms with Crippen molar-refractivity contribution >= 4 is 17.9 Å². The van der Waals surface area contributed by atoms with E-state index in [1.54, 1.807) is 32.9 Å². The van der Waals surface area contributed by atoms with Crippen molar-refractivity contribution in [1.82, 2.24) is 15.5 Å². The number of benzene rings is 1. The summed E-state index contributed by atoms with van der Waals surface area (Å²) in [5, 5.41) is 5.36. The SMILES string of the molecule is C#CN(C(=O)C(C)NC(=O)OC(C)(C)C)C(C(=O)NC(C)(C)C)c1ccccc1C. The Morgan fingerprint density at radius 1 is 1.10 bits per heavy atom. The molecule has 0 bridgehead atoms. The lowest BCUT2D eigenvalue weighted by Crippen LogP contribution is -2.52. The van der Waals surface area contributed by atoms with E-state index in [9.17, 15) is 14.4 Å². The Hall–Kier alpha value is -3.01. The highest BCUT2D eigenvalue weighted by atomic mass is 16.6. The van der Waals surface area contributed by atoms with Crippen molar-refractivity contribution in [3.05, 3.63) is 35.4 Å². The molecule has 0 aromatic heterocycles. The summed E-state index contributed by atoms with van der Waals surface area (Å²) in [5.74, 6) is -1.01. The van der Waals surface area contributed by atoms with Crippen molar-refractivity contribution in [1.29, 1.82) is 0 Å². The Balaban J connectivity index is 3.24. The van der Waals surface area contributed by atoms with Crippen LogP contribution in [0.25, 0.3) is 0 Å². The molecule has 0 saturated heterocycles. The Morgan fingerprint density at radius 2 is 1.67 bits per heavy atom. The maximum absolute atomic E-state index is 13.1. The molecule has 0 aliphatic rings. The molecule has 1 aromatic rings. The predicted molar refractivity (Wildman–Crippen MR) is 116 cm³/mol. The molecule has 0 saturated carbocycles. The summed E-state index contributed by atoms with van der Waals surface area (Å²) in [6.45, 7) is 14.0. The molecule has 3 amide bonds. The highest BCUT2D eigenvalue weighted by Crippen LogP contribution is 2.25. The van der Waals surface area contributed by atoms with Crippen LogP contribution in [0.3, 0.4) is 0 Å².